The summed E-state index contributed by atoms with van der Waals surface area (Å²) >= 11 is 0. The van der Waals surface area contributed by atoms with Crippen molar-refractivity contribution in [2.24, 2.45) is 0 Å². The molecule has 1 aliphatic rings. The molecule has 0 bridgehead atoms. The molecule has 1 fully saturated rings. The first-order valence-corrected chi connectivity index (χ1v) is 11.0. The number of piperidine rings is 1. The van der Waals surface area contributed by atoms with Crippen molar-refractivity contribution in [3.63, 3.8) is 0 Å². The van der Waals surface area contributed by atoms with Gasteiger partial charge in [-0.25, -0.2) is 9.78 Å². The first-order chi connectivity index (χ1) is 16.5. The average Bonchev–Trinajstić information content (AvgIpc) is 3.19. The topological polar surface area (TPSA) is 104 Å². The number of aromatic nitrogens is 2. The van der Waals surface area contributed by atoms with Gasteiger partial charge in [0.1, 0.15) is 5.75 Å². The number of hydrogen-bond donors (Lipinski definition) is 2. The highest BCUT2D eigenvalue weighted by atomic mass is 19.4. The van der Waals surface area contributed by atoms with Crippen LogP contribution in [0.2, 0.25) is 0 Å². The van der Waals surface area contributed by atoms with Crippen LogP contribution in [0.4, 0.5) is 29.7 Å². The minimum absolute atomic E-state index is 0.0479. The summed E-state index contributed by atoms with van der Waals surface area (Å²) in [5, 5.41) is 12.4. The normalized spacial score (nSPS) is 16.4. The summed E-state index contributed by atoms with van der Waals surface area (Å²) in [7, 11) is 4.92. The molecule has 2 aromatic heterocycles. The van der Waals surface area contributed by atoms with Crippen LogP contribution in [-0.4, -0.2) is 66.4 Å². The Balaban J connectivity index is 1.76. The maximum Gasteiger partial charge on any atom is 0.416 e. The number of ether oxygens (including phenoxy) is 1. The standard InChI is InChI=1S/C23H26F3N5O4/c1-12-8-13(23(24,25)26)9-17(34-4)18(12)15-10-16(30(2)3)19-20(28-15)29-21(35-19)27-14-6-5-7-31(11-14)22(32)33/h8-10,14H,5-7,11H2,1-4H3,(H,32,33)(H,27,28,29). The zero-order chi connectivity index (χ0) is 25.5. The van der Waals surface area contributed by atoms with Crippen molar-refractivity contribution in [3.05, 3.63) is 29.3 Å². The molecule has 1 atom stereocenters. The Morgan fingerprint density at radius 3 is 2.66 bits per heavy atom. The number of fused-ring (bicyclic) bond motifs is 1. The van der Waals surface area contributed by atoms with Crippen LogP contribution < -0.4 is 15.0 Å². The van der Waals surface area contributed by atoms with E-state index in [1.165, 1.54) is 12.0 Å². The molecule has 0 radical (unpaired) electrons. The van der Waals surface area contributed by atoms with Crippen molar-refractivity contribution >= 4 is 29.0 Å². The van der Waals surface area contributed by atoms with Gasteiger partial charge < -0.3 is 29.4 Å². The van der Waals surface area contributed by atoms with E-state index in [0.717, 1.165) is 18.6 Å². The lowest BCUT2D eigenvalue weighted by molar-refractivity contribution is -0.137. The molecule has 1 unspecified atom stereocenters. The van der Waals surface area contributed by atoms with Crippen molar-refractivity contribution in [3.8, 4) is 17.0 Å². The Kier molecular flexibility index (Phi) is 6.39. The SMILES string of the molecule is COc1cc(C(F)(F)F)cc(C)c1-c1cc(N(C)C)c2oc(NC3CCCN(C(=O)O)C3)nc2n1. The fraction of sp³-hybridized carbons (Fsp3) is 0.435. The van der Waals surface area contributed by atoms with Crippen molar-refractivity contribution in [1.29, 1.82) is 0 Å². The fourth-order valence-corrected chi connectivity index (χ4v) is 4.27. The second-order valence-corrected chi connectivity index (χ2v) is 8.67. The van der Waals surface area contributed by atoms with Gasteiger partial charge in [-0.3, -0.25) is 0 Å². The monoisotopic (exact) mass is 493 g/mol. The van der Waals surface area contributed by atoms with Gasteiger partial charge in [-0.05, 0) is 43.5 Å². The number of rotatable bonds is 5. The van der Waals surface area contributed by atoms with E-state index >= 15 is 0 Å². The summed E-state index contributed by atoms with van der Waals surface area (Å²) in [6, 6.07) is 3.75. The molecule has 4 rings (SSSR count). The number of benzene rings is 1. The number of anilines is 2. The molecule has 2 N–H and O–H groups in total. The molecule has 188 valence electrons. The van der Waals surface area contributed by atoms with Gasteiger partial charge in [0.25, 0.3) is 6.01 Å². The van der Waals surface area contributed by atoms with E-state index < -0.39 is 17.8 Å². The largest absolute Gasteiger partial charge is 0.496 e. The van der Waals surface area contributed by atoms with Crippen LogP contribution in [0, 0.1) is 6.92 Å². The van der Waals surface area contributed by atoms with Gasteiger partial charge in [-0.15, -0.1) is 0 Å². The molecule has 0 aliphatic carbocycles. The summed E-state index contributed by atoms with van der Waals surface area (Å²) in [6.45, 7) is 2.35. The molecule has 9 nitrogen and oxygen atoms in total. The number of oxazole rings is 1. The number of carboxylic acid groups (broad SMARTS) is 1. The quantitative estimate of drug-likeness (QED) is 0.520. The lowest BCUT2D eigenvalue weighted by atomic mass is 9.99. The predicted molar refractivity (Wildman–Crippen MR) is 124 cm³/mol. The fourth-order valence-electron chi connectivity index (χ4n) is 4.27. The second-order valence-electron chi connectivity index (χ2n) is 8.67. The number of amides is 1. The molecule has 1 amide bonds. The van der Waals surface area contributed by atoms with E-state index in [4.69, 9.17) is 9.15 Å². The van der Waals surface area contributed by atoms with Gasteiger partial charge in [-0.1, -0.05) is 0 Å². The summed E-state index contributed by atoms with van der Waals surface area (Å²) in [5.41, 5.74) is 1.65. The minimum atomic E-state index is -4.51. The highest BCUT2D eigenvalue weighted by molar-refractivity contribution is 5.89. The Morgan fingerprint density at radius 1 is 1.29 bits per heavy atom. The van der Waals surface area contributed by atoms with Gasteiger partial charge in [0.15, 0.2) is 5.58 Å². The van der Waals surface area contributed by atoms with Crippen LogP contribution in [0.25, 0.3) is 22.5 Å². The number of pyridine rings is 1. The van der Waals surface area contributed by atoms with E-state index in [9.17, 15) is 23.1 Å². The smallest absolute Gasteiger partial charge is 0.416 e. The third kappa shape index (κ3) is 4.91. The van der Waals surface area contributed by atoms with Crippen LogP contribution in [0.5, 0.6) is 5.75 Å². The van der Waals surface area contributed by atoms with Crippen LogP contribution in [0.15, 0.2) is 22.6 Å². The molecular weight excluding hydrogens is 467 g/mol. The van der Waals surface area contributed by atoms with Gasteiger partial charge >= 0.3 is 12.3 Å². The van der Waals surface area contributed by atoms with E-state index in [-0.39, 0.29) is 23.5 Å². The summed E-state index contributed by atoms with van der Waals surface area (Å²) < 4.78 is 51.2. The van der Waals surface area contributed by atoms with E-state index in [1.54, 1.807) is 32.0 Å². The maximum atomic E-state index is 13.3. The number of nitrogens with zero attached hydrogens (tertiary/aromatic N) is 4. The maximum absolute atomic E-state index is 13.3. The predicted octanol–water partition coefficient (Wildman–Crippen LogP) is 4.85. The molecule has 0 saturated carbocycles. The number of alkyl halides is 3. The second kappa shape index (κ2) is 9.16. The third-order valence-electron chi connectivity index (χ3n) is 5.95. The van der Waals surface area contributed by atoms with E-state index in [2.05, 4.69) is 15.3 Å². The minimum Gasteiger partial charge on any atom is -0.496 e. The van der Waals surface area contributed by atoms with Crippen LogP contribution >= 0.6 is 0 Å². The van der Waals surface area contributed by atoms with Crippen molar-refractivity contribution in [2.75, 3.05) is 44.5 Å². The summed E-state index contributed by atoms with van der Waals surface area (Å²) in [5.74, 6) is 0.0479. The molecule has 1 aliphatic heterocycles. The molecular formula is C23H26F3N5O4. The molecule has 0 spiro atoms. The van der Waals surface area contributed by atoms with Crippen LogP contribution in [0.1, 0.15) is 24.0 Å². The molecule has 35 heavy (non-hydrogen) atoms. The molecule has 3 heterocycles. The molecule has 1 aromatic carbocycles. The summed E-state index contributed by atoms with van der Waals surface area (Å²) in [6.07, 6.45) is -4.02. The molecule has 12 heteroatoms. The summed E-state index contributed by atoms with van der Waals surface area (Å²) in [4.78, 5) is 23.5. The first kappa shape index (κ1) is 24.4. The van der Waals surface area contributed by atoms with Gasteiger partial charge in [-0.2, -0.15) is 18.2 Å². The number of nitrogens with one attached hydrogen (secondary N) is 1. The third-order valence-corrected chi connectivity index (χ3v) is 5.95. The van der Waals surface area contributed by atoms with Crippen LogP contribution in [-0.2, 0) is 6.18 Å². The van der Waals surface area contributed by atoms with E-state index in [0.29, 0.717) is 47.6 Å². The number of carbonyl (C=O) groups is 1. The number of halogens is 3. The lowest BCUT2D eigenvalue weighted by Gasteiger charge is -2.30. The van der Waals surface area contributed by atoms with Crippen LogP contribution in [0.3, 0.4) is 0 Å². The van der Waals surface area contributed by atoms with E-state index in [1.807, 2.05) is 0 Å². The zero-order valence-electron chi connectivity index (χ0n) is 19.7. The zero-order valence-corrected chi connectivity index (χ0v) is 19.7. The van der Waals surface area contributed by atoms with Gasteiger partial charge in [0, 0.05) is 38.8 Å². The molecule has 3 aromatic rings. The number of methoxy groups -OCH3 is 1. The van der Waals surface area contributed by atoms with Crippen molar-refractivity contribution in [2.45, 2.75) is 32.0 Å². The first-order valence-electron chi connectivity index (χ1n) is 11.0. The number of aryl methyl sites for hydroxylation is 1. The Morgan fingerprint density at radius 2 is 2.03 bits per heavy atom. The Hall–Kier alpha value is -3.70. The van der Waals surface area contributed by atoms with Crippen molar-refractivity contribution in [1.82, 2.24) is 14.9 Å². The highest BCUT2D eigenvalue weighted by Crippen LogP contribution is 2.41. The number of hydrogen-bond acceptors (Lipinski definition) is 7. The Bertz CT molecular complexity index is 1260. The van der Waals surface area contributed by atoms with Gasteiger partial charge in [0.05, 0.1) is 24.1 Å². The molecule has 1 saturated heterocycles. The lowest BCUT2D eigenvalue weighted by Crippen LogP contribution is -2.44. The average molecular weight is 493 g/mol. The van der Waals surface area contributed by atoms with Crippen molar-refractivity contribution < 1.29 is 32.2 Å². The van der Waals surface area contributed by atoms with Gasteiger partial charge in [0.2, 0.25) is 5.65 Å². The highest BCUT2D eigenvalue weighted by Gasteiger charge is 2.33. The Labute approximate surface area is 199 Å². The number of likely N-dealkylation sites (tertiary alicyclic amines) is 1.